The first-order valence-corrected chi connectivity index (χ1v) is 10.6. The van der Waals surface area contributed by atoms with Crippen molar-refractivity contribution in [1.82, 2.24) is 10.2 Å². The zero-order valence-electron chi connectivity index (χ0n) is 17.4. The van der Waals surface area contributed by atoms with E-state index in [1.54, 1.807) is 6.92 Å². The lowest BCUT2D eigenvalue weighted by Gasteiger charge is -2.32. The Hall–Kier alpha value is -3.35. The van der Waals surface area contributed by atoms with E-state index in [4.69, 9.17) is 4.74 Å². The number of likely N-dealkylation sites (tertiary alicyclic amines) is 1. The van der Waals surface area contributed by atoms with Crippen LogP contribution >= 0.6 is 0 Å². The van der Waals surface area contributed by atoms with Gasteiger partial charge in [0.25, 0.3) is 0 Å². The Morgan fingerprint density at radius 3 is 2.32 bits per heavy atom. The number of nitrogens with zero attached hydrogens (tertiary/aromatic N) is 1. The first-order valence-electron chi connectivity index (χ1n) is 10.6. The molecule has 0 radical (unpaired) electrons. The topological polar surface area (TPSA) is 95.9 Å². The third kappa shape index (κ3) is 4.26. The van der Waals surface area contributed by atoms with Crippen molar-refractivity contribution in [1.29, 1.82) is 0 Å². The molecule has 1 saturated heterocycles. The number of carbonyl (C=O) groups is 3. The second kappa shape index (κ2) is 8.79. The van der Waals surface area contributed by atoms with Crippen molar-refractivity contribution < 1.29 is 24.2 Å². The maximum atomic E-state index is 12.7. The smallest absolute Gasteiger partial charge is 0.407 e. The number of carboxylic acids is 1. The number of carbonyl (C=O) groups excluding carboxylic acids is 2. The van der Waals surface area contributed by atoms with Gasteiger partial charge < -0.3 is 20.1 Å². The average Bonchev–Trinajstić information content (AvgIpc) is 3.11. The number of rotatable bonds is 5. The molecule has 0 saturated carbocycles. The number of hydrogen-bond donors (Lipinski definition) is 2. The molecule has 0 spiro atoms. The van der Waals surface area contributed by atoms with Crippen molar-refractivity contribution in [3.63, 3.8) is 0 Å². The molecular weight excluding hydrogens is 396 g/mol. The van der Waals surface area contributed by atoms with Gasteiger partial charge in [0.15, 0.2) is 0 Å². The molecule has 2 aliphatic rings. The number of hydrogen-bond acceptors (Lipinski definition) is 4. The molecule has 162 valence electrons. The van der Waals surface area contributed by atoms with Gasteiger partial charge in [-0.1, -0.05) is 48.5 Å². The molecule has 0 bridgehead atoms. The first-order chi connectivity index (χ1) is 15.0. The Labute approximate surface area is 181 Å². The van der Waals surface area contributed by atoms with Gasteiger partial charge in [-0.05, 0) is 42.0 Å². The number of ether oxygens (including phenoxy) is 1. The van der Waals surface area contributed by atoms with Crippen LogP contribution in [-0.4, -0.2) is 53.7 Å². The van der Waals surface area contributed by atoms with Crippen LogP contribution in [0.2, 0.25) is 0 Å². The van der Waals surface area contributed by atoms with E-state index in [9.17, 15) is 19.5 Å². The van der Waals surface area contributed by atoms with Crippen LogP contribution in [0.15, 0.2) is 48.5 Å². The molecule has 31 heavy (non-hydrogen) atoms. The maximum Gasteiger partial charge on any atom is 0.407 e. The second-order valence-corrected chi connectivity index (χ2v) is 8.15. The van der Waals surface area contributed by atoms with Gasteiger partial charge in [0, 0.05) is 19.0 Å². The zero-order valence-corrected chi connectivity index (χ0v) is 17.4. The largest absolute Gasteiger partial charge is 0.481 e. The van der Waals surface area contributed by atoms with E-state index >= 15 is 0 Å². The highest BCUT2D eigenvalue weighted by molar-refractivity contribution is 5.86. The van der Waals surface area contributed by atoms with E-state index in [0.717, 1.165) is 22.3 Å². The SMILES string of the molecule is C[C@H](NC(=O)OCC1c2ccccc2-c2ccccc21)C(=O)N1CCC[C@@H](C(=O)O)C1. The van der Waals surface area contributed by atoms with E-state index in [2.05, 4.69) is 17.4 Å². The fourth-order valence-electron chi connectivity index (χ4n) is 4.53. The molecule has 2 atom stereocenters. The summed E-state index contributed by atoms with van der Waals surface area (Å²) in [5.74, 6) is -1.80. The minimum absolute atomic E-state index is 0.0532. The summed E-state index contributed by atoms with van der Waals surface area (Å²) in [4.78, 5) is 37.8. The summed E-state index contributed by atoms with van der Waals surface area (Å²) >= 11 is 0. The zero-order chi connectivity index (χ0) is 22.0. The molecule has 1 heterocycles. The van der Waals surface area contributed by atoms with Gasteiger partial charge in [0.2, 0.25) is 5.91 Å². The van der Waals surface area contributed by atoms with Gasteiger partial charge >= 0.3 is 12.1 Å². The molecule has 4 rings (SSSR count). The predicted octanol–water partition coefficient (Wildman–Crippen LogP) is 3.24. The molecule has 1 aliphatic heterocycles. The van der Waals surface area contributed by atoms with Crippen LogP contribution in [0.25, 0.3) is 11.1 Å². The quantitative estimate of drug-likeness (QED) is 0.771. The number of amides is 2. The van der Waals surface area contributed by atoms with Gasteiger partial charge in [0.05, 0.1) is 5.92 Å². The summed E-state index contributed by atoms with van der Waals surface area (Å²) in [6, 6.07) is 15.4. The molecule has 0 unspecified atom stereocenters. The standard InChI is InChI=1S/C24H26N2O5/c1-15(22(27)26-12-6-7-16(13-26)23(28)29)25-24(30)31-14-21-19-10-4-2-8-17(19)18-9-3-5-11-20(18)21/h2-5,8-11,15-16,21H,6-7,12-14H2,1H3,(H,25,30)(H,28,29)/t15-,16+/m0/s1. The number of carboxylic acid groups (broad SMARTS) is 1. The number of nitrogens with one attached hydrogen (secondary N) is 1. The molecule has 7 heteroatoms. The molecule has 2 aromatic rings. The van der Waals surface area contributed by atoms with Crippen LogP contribution in [-0.2, 0) is 14.3 Å². The minimum atomic E-state index is -0.894. The third-order valence-electron chi connectivity index (χ3n) is 6.13. The van der Waals surface area contributed by atoms with Crippen LogP contribution in [0.4, 0.5) is 4.79 Å². The van der Waals surface area contributed by atoms with Gasteiger partial charge in [-0.2, -0.15) is 0 Å². The van der Waals surface area contributed by atoms with Gasteiger partial charge in [-0.15, -0.1) is 0 Å². The number of benzene rings is 2. The van der Waals surface area contributed by atoms with Crippen molar-refractivity contribution in [2.75, 3.05) is 19.7 Å². The van der Waals surface area contributed by atoms with E-state index in [1.807, 2.05) is 36.4 Å². The second-order valence-electron chi connectivity index (χ2n) is 8.15. The normalized spacial score (nSPS) is 18.6. The highest BCUT2D eigenvalue weighted by atomic mass is 16.5. The fourth-order valence-corrected chi connectivity index (χ4v) is 4.53. The highest BCUT2D eigenvalue weighted by Gasteiger charge is 2.32. The molecule has 7 nitrogen and oxygen atoms in total. The monoisotopic (exact) mass is 422 g/mol. The highest BCUT2D eigenvalue weighted by Crippen LogP contribution is 2.44. The van der Waals surface area contributed by atoms with Crippen LogP contribution < -0.4 is 5.32 Å². The molecule has 2 N–H and O–H groups in total. The van der Waals surface area contributed by atoms with Crippen LogP contribution in [0.3, 0.4) is 0 Å². The predicted molar refractivity (Wildman–Crippen MR) is 115 cm³/mol. The van der Waals surface area contributed by atoms with E-state index in [1.165, 1.54) is 4.90 Å². The number of fused-ring (bicyclic) bond motifs is 3. The Kier molecular flexibility index (Phi) is 5.93. The Bertz CT molecular complexity index is 959. The lowest BCUT2D eigenvalue weighted by atomic mass is 9.98. The van der Waals surface area contributed by atoms with Gasteiger partial charge in [0.1, 0.15) is 12.6 Å². The van der Waals surface area contributed by atoms with Crippen molar-refractivity contribution >= 4 is 18.0 Å². The Morgan fingerprint density at radius 2 is 1.71 bits per heavy atom. The Balaban J connectivity index is 1.35. The van der Waals surface area contributed by atoms with Crippen molar-refractivity contribution in [3.05, 3.63) is 59.7 Å². The van der Waals surface area contributed by atoms with E-state index in [0.29, 0.717) is 19.4 Å². The van der Waals surface area contributed by atoms with Gasteiger partial charge in [-0.3, -0.25) is 9.59 Å². The lowest BCUT2D eigenvalue weighted by Crippen LogP contribution is -2.51. The molecule has 2 amide bonds. The summed E-state index contributed by atoms with van der Waals surface area (Å²) in [6.45, 7) is 2.43. The third-order valence-corrected chi connectivity index (χ3v) is 6.13. The number of aliphatic carboxylic acids is 1. The van der Waals surface area contributed by atoms with E-state index < -0.39 is 24.0 Å². The van der Waals surface area contributed by atoms with E-state index in [-0.39, 0.29) is 25.0 Å². The molecule has 2 aromatic carbocycles. The number of alkyl carbamates (subject to hydrolysis) is 1. The van der Waals surface area contributed by atoms with Crippen molar-refractivity contribution in [2.24, 2.45) is 5.92 Å². The summed E-state index contributed by atoms with van der Waals surface area (Å²) in [7, 11) is 0. The van der Waals surface area contributed by atoms with Crippen molar-refractivity contribution in [2.45, 2.75) is 31.7 Å². The number of piperidine rings is 1. The molecule has 1 fully saturated rings. The summed E-state index contributed by atoms with van der Waals surface area (Å²) in [5, 5.41) is 11.8. The summed E-state index contributed by atoms with van der Waals surface area (Å²) in [6.07, 6.45) is 0.544. The van der Waals surface area contributed by atoms with Crippen molar-refractivity contribution in [3.8, 4) is 11.1 Å². The Morgan fingerprint density at radius 1 is 1.10 bits per heavy atom. The first kappa shape index (κ1) is 20.9. The maximum absolute atomic E-state index is 12.7. The summed E-state index contributed by atoms with van der Waals surface area (Å²) < 4.78 is 5.49. The summed E-state index contributed by atoms with van der Waals surface area (Å²) in [5.41, 5.74) is 4.53. The average molecular weight is 422 g/mol. The lowest BCUT2D eigenvalue weighted by molar-refractivity contribution is -0.146. The molecular formula is C24H26N2O5. The minimum Gasteiger partial charge on any atom is -0.481 e. The van der Waals surface area contributed by atoms with Gasteiger partial charge in [-0.25, -0.2) is 4.79 Å². The van der Waals surface area contributed by atoms with Crippen LogP contribution in [0, 0.1) is 5.92 Å². The molecule has 0 aromatic heterocycles. The van der Waals surface area contributed by atoms with Crippen LogP contribution in [0.1, 0.15) is 36.8 Å². The fraction of sp³-hybridized carbons (Fsp3) is 0.375. The molecule has 1 aliphatic carbocycles. The van der Waals surface area contributed by atoms with Crippen LogP contribution in [0.5, 0.6) is 0 Å².